The summed E-state index contributed by atoms with van der Waals surface area (Å²) in [6.07, 6.45) is -1.59. The Morgan fingerprint density at radius 2 is 1.10 bits per heavy atom. The molecule has 0 radical (unpaired) electrons. The highest BCUT2D eigenvalue weighted by Gasteiger charge is 2.51. The minimum Gasteiger partial charge on any atom is -0.508 e. The molecule has 0 saturated carbocycles. The highest BCUT2D eigenvalue weighted by atomic mass is 16.7. The van der Waals surface area contributed by atoms with E-state index in [1.807, 2.05) is 0 Å². The molecule has 2 unspecified atom stereocenters. The molecule has 0 amide bonds. The number of fused-ring (bicyclic) bond motifs is 1. The number of carbonyl (C=O) groups is 5. The molecule has 14 heteroatoms. The Bertz CT molecular complexity index is 1650. The molecule has 5 rings (SSSR count). The monoisotopic (exact) mass is 676 g/mol. The first-order valence-corrected chi connectivity index (χ1v) is 15.2. The van der Waals surface area contributed by atoms with Gasteiger partial charge in [0, 0.05) is 6.08 Å². The second kappa shape index (κ2) is 16.4. The number of aromatic hydroxyl groups is 1. The highest BCUT2D eigenvalue weighted by molar-refractivity contribution is 5.92. The summed E-state index contributed by atoms with van der Waals surface area (Å²) in [6.45, 7) is 3.65. The van der Waals surface area contributed by atoms with Gasteiger partial charge in [-0.15, -0.1) is 0 Å². The third kappa shape index (κ3) is 9.43. The fraction of sp³-hybridized carbons (Fsp3) is 0.286. The van der Waals surface area contributed by atoms with Crippen LogP contribution in [0, 0.1) is 0 Å². The van der Waals surface area contributed by atoms with Gasteiger partial charge in [-0.1, -0.05) is 6.58 Å². The van der Waals surface area contributed by atoms with E-state index < -0.39 is 54.4 Å². The zero-order valence-electron chi connectivity index (χ0n) is 26.0. The molecule has 2 heterocycles. The maximum atomic E-state index is 12.8. The summed E-state index contributed by atoms with van der Waals surface area (Å²) in [6, 6.07) is 17.0. The maximum absolute atomic E-state index is 12.8. The van der Waals surface area contributed by atoms with Gasteiger partial charge in [0.1, 0.15) is 29.5 Å². The van der Waals surface area contributed by atoms with Crippen LogP contribution in [0.1, 0.15) is 43.9 Å². The van der Waals surface area contributed by atoms with E-state index in [1.165, 1.54) is 72.8 Å². The van der Waals surface area contributed by atoms with Crippen LogP contribution in [0.5, 0.6) is 17.2 Å². The fourth-order valence-electron chi connectivity index (χ4n) is 4.84. The van der Waals surface area contributed by atoms with Gasteiger partial charge in [-0.2, -0.15) is 0 Å². The maximum Gasteiger partial charge on any atom is 0.513 e. The summed E-state index contributed by atoms with van der Waals surface area (Å²) in [4.78, 5) is 60.8. The first-order valence-electron chi connectivity index (χ1n) is 15.2. The number of phenolic OH excluding ortho intramolecular Hbond substituents is 1. The summed E-state index contributed by atoms with van der Waals surface area (Å²) in [5.74, 6) is -2.11. The summed E-state index contributed by atoms with van der Waals surface area (Å²) in [5.41, 5.74) is 0.633. The number of unbranched alkanes of at least 4 members (excludes halogenated alkanes) is 1. The number of hydrogen-bond donors (Lipinski definition) is 1. The Hall–Kier alpha value is -5.73. The highest BCUT2D eigenvalue weighted by Crippen LogP contribution is 2.32. The minimum absolute atomic E-state index is 0.0218. The van der Waals surface area contributed by atoms with Crippen LogP contribution < -0.4 is 9.47 Å². The first-order chi connectivity index (χ1) is 23.7. The smallest absolute Gasteiger partial charge is 0.508 e. The molecule has 2 aliphatic rings. The van der Waals surface area contributed by atoms with Crippen molar-refractivity contribution in [2.24, 2.45) is 0 Å². The molecule has 256 valence electrons. The van der Waals surface area contributed by atoms with Crippen molar-refractivity contribution < 1.29 is 67.0 Å². The van der Waals surface area contributed by atoms with Gasteiger partial charge in [-0.3, -0.25) is 0 Å². The minimum atomic E-state index is -0.926. The second-order valence-corrected chi connectivity index (χ2v) is 10.7. The van der Waals surface area contributed by atoms with E-state index in [0.29, 0.717) is 12.8 Å². The van der Waals surface area contributed by atoms with Crippen LogP contribution in [0.3, 0.4) is 0 Å². The largest absolute Gasteiger partial charge is 0.513 e. The molecule has 14 nitrogen and oxygen atoms in total. The van der Waals surface area contributed by atoms with Crippen LogP contribution in [0.15, 0.2) is 85.5 Å². The van der Waals surface area contributed by atoms with E-state index in [4.69, 9.17) is 37.9 Å². The SMILES string of the molecule is C=CC(=O)OCCCCOC(=O)Oc1ccc(C(=O)Oc2ccc(C(=O)O[C@H]3COC4C3OC[C@@H]4OC(=O)c3ccc(O)cc3)cc2)cc1. The Labute approximate surface area is 280 Å². The Kier molecular flexibility index (Phi) is 11.6. The summed E-state index contributed by atoms with van der Waals surface area (Å²) in [5, 5.41) is 9.42. The van der Waals surface area contributed by atoms with Crippen molar-refractivity contribution >= 4 is 30.0 Å². The lowest BCUT2D eigenvalue weighted by molar-refractivity contribution is -0.137. The predicted molar refractivity (Wildman–Crippen MR) is 166 cm³/mol. The van der Waals surface area contributed by atoms with E-state index in [-0.39, 0.29) is 60.4 Å². The average molecular weight is 677 g/mol. The zero-order valence-corrected chi connectivity index (χ0v) is 26.0. The van der Waals surface area contributed by atoms with Gasteiger partial charge in [0.25, 0.3) is 0 Å². The molecular formula is C35H32O14. The van der Waals surface area contributed by atoms with Gasteiger partial charge in [0.2, 0.25) is 0 Å². The molecule has 0 spiro atoms. The van der Waals surface area contributed by atoms with E-state index in [9.17, 15) is 29.1 Å². The van der Waals surface area contributed by atoms with Gasteiger partial charge >= 0.3 is 30.0 Å². The van der Waals surface area contributed by atoms with Crippen molar-refractivity contribution in [1.82, 2.24) is 0 Å². The molecular weight excluding hydrogens is 644 g/mol. The molecule has 0 aliphatic carbocycles. The van der Waals surface area contributed by atoms with E-state index in [0.717, 1.165) is 6.08 Å². The van der Waals surface area contributed by atoms with Crippen LogP contribution >= 0.6 is 0 Å². The summed E-state index contributed by atoms with van der Waals surface area (Å²) < 4.78 is 42.9. The van der Waals surface area contributed by atoms with Crippen LogP contribution in [0.4, 0.5) is 4.79 Å². The third-order valence-electron chi connectivity index (χ3n) is 7.34. The molecule has 1 N–H and O–H groups in total. The van der Waals surface area contributed by atoms with E-state index >= 15 is 0 Å². The number of carbonyl (C=O) groups excluding carboxylic acids is 5. The van der Waals surface area contributed by atoms with Gasteiger partial charge < -0.3 is 43.0 Å². The topological polar surface area (TPSA) is 179 Å². The van der Waals surface area contributed by atoms with Gasteiger partial charge in [-0.25, -0.2) is 24.0 Å². The zero-order chi connectivity index (χ0) is 34.8. The van der Waals surface area contributed by atoms with Crippen molar-refractivity contribution in [2.75, 3.05) is 26.4 Å². The molecule has 49 heavy (non-hydrogen) atoms. The van der Waals surface area contributed by atoms with Crippen molar-refractivity contribution in [3.8, 4) is 17.2 Å². The lowest BCUT2D eigenvalue weighted by Gasteiger charge is -2.17. The third-order valence-corrected chi connectivity index (χ3v) is 7.34. The second-order valence-electron chi connectivity index (χ2n) is 10.7. The molecule has 4 atom stereocenters. The van der Waals surface area contributed by atoms with Crippen LogP contribution in [0.2, 0.25) is 0 Å². The number of hydrogen-bond acceptors (Lipinski definition) is 14. The van der Waals surface area contributed by atoms with Crippen LogP contribution in [-0.2, 0) is 33.2 Å². The van der Waals surface area contributed by atoms with E-state index in [1.54, 1.807) is 0 Å². The van der Waals surface area contributed by atoms with Crippen molar-refractivity contribution in [2.45, 2.75) is 37.3 Å². The Balaban J connectivity index is 1.03. The summed E-state index contributed by atoms with van der Waals surface area (Å²) in [7, 11) is 0. The summed E-state index contributed by atoms with van der Waals surface area (Å²) >= 11 is 0. The van der Waals surface area contributed by atoms with E-state index in [2.05, 4.69) is 6.58 Å². The fourth-order valence-corrected chi connectivity index (χ4v) is 4.84. The Morgan fingerprint density at radius 3 is 1.61 bits per heavy atom. The predicted octanol–water partition coefficient (Wildman–Crippen LogP) is 4.18. The molecule has 3 aromatic carbocycles. The average Bonchev–Trinajstić information content (AvgIpc) is 3.69. The quantitative estimate of drug-likeness (QED) is 0.0680. The lowest BCUT2D eigenvalue weighted by Crippen LogP contribution is -2.36. The molecule has 2 saturated heterocycles. The van der Waals surface area contributed by atoms with Crippen molar-refractivity contribution in [3.63, 3.8) is 0 Å². The van der Waals surface area contributed by atoms with Gasteiger partial charge in [-0.05, 0) is 85.6 Å². The van der Waals surface area contributed by atoms with Gasteiger partial charge in [0.15, 0.2) is 12.2 Å². The number of benzene rings is 3. The van der Waals surface area contributed by atoms with Crippen LogP contribution in [0.25, 0.3) is 0 Å². The molecule has 2 aliphatic heterocycles. The van der Waals surface area contributed by atoms with Gasteiger partial charge in [0.05, 0.1) is 43.1 Å². The van der Waals surface area contributed by atoms with Crippen LogP contribution in [-0.4, -0.2) is 86.0 Å². The standard InChI is InChI=1S/C35H32O14/c1-2-29(37)42-17-3-4-18-43-35(41)47-26-15-9-22(10-16-26)32(38)46-25-13-7-23(8-14-25)34(40)49-28-20-45-30-27(19-44-31(28)30)48-33(39)21-5-11-24(36)12-6-21/h2,5-16,27-28,30-31,36H,1,3-4,17-20H2/t27-,28-,30?,31?/m0/s1. The first kappa shape index (κ1) is 34.6. The number of esters is 4. The van der Waals surface area contributed by atoms with Crippen molar-refractivity contribution in [1.29, 1.82) is 0 Å². The van der Waals surface area contributed by atoms with Crippen molar-refractivity contribution in [3.05, 3.63) is 102 Å². The normalized spacial score (nSPS) is 19.2. The lowest BCUT2D eigenvalue weighted by atomic mass is 10.1. The molecule has 3 aromatic rings. The molecule has 0 aromatic heterocycles. The number of phenols is 1. The number of ether oxygens (including phenoxy) is 8. The molecule has 2 fully saturated rings. The number of rotatable bonds is 13. The molecule has 0 bridgehead atoms. The Morgan fingerprint density at radius 1 is 0.653 bits per heavy atom.